The third-order valence-corrected chi connectivity index (χ3v) is 4.41. The largest absolute Gasteiger partial charge is 0.493 e. The summed E-state index contributed by atoms with van der Waals surface area (Å²) < 4.78 is 11.1. The third kappa shape index (κ3) is 7.55. The summed E-state index contributed by atoms with van der Waals surface area (Å²) in [7, 11) is 0. The number of aliphatic imine (C=N–C) groups is 1. The molecule has 0 fully saturated rings. The van der Waals surface area contributed by atoms with Crippen LogP contribution in [-0.2, 0) is 11.2 Å². The van der Waals surface area contributed by atoms with Crippen molar-refractivity contribution in [3.8, 4) is 5.75 Å². The number of halogens is 1. The van der Waals surface area contributed by atoms with E-state index in [1.54, 1.807) is 6.26 Å². The van der Waals surface area contributed by atoms with Gasteiger partial charge in [0.25, 0.3) is 0 Å². The molecule has 1 atom stereocenters. The van der Waals surface area contributed by atoms with Gasteiger partial charge in [-0.1, -0.05) is 18.2 Å². The fourth-order valence-corrected chi connectivity index (χ4v) is 3.18. The Labute approximate surface area is 195 Å². The number of hydrogen-bond acceptors (Lipinski definition) is 4. The summed E-state index contributed by atoms with van der Waals surface area (Å²) in [6.45, 7) is 7.19. The van der Waals surface area contributed by atoms with Gasteiger partial charge in [0.15, 0.2) is 5.96 Å². The fraction of sp³-hybridized carbons (Fsp3) is 0.455. The van der Waals surface area contributed by atoms with Crippen LogP contribution in [0.2, 0.25) is 0 Å². The number of carbonyl (C=O) groups excluding carboxylic acids is 1. The van der Waals surface area contributed by atoms with Crippen LogP contribution in [0.25, 0.3) is 0 Å². The minimum atomic E-state index is -0.285. The number of ether oxygens (including phenoxy) is 1. The van der Waals surface area contributed by atoms with Crippen molar-refractivity contribution >= 4 is 35.8 Å². The molecule has 1 amide bonds. The number of guanidine groups is 1. The number of para-hydroxylation sites is 1. The second-order valence-corrected chi connectivity index (χ2v) is 8.09. The predicted octanol–water partition coefficient (Wildman–Crippen LogP) is 3.41. The molecule has 3 N–H and O–H groups in total. The van der Waals surface area contributed by atoms with Crippen molar-refractivity contribution in [3.05, 3.63) is 54.0 Å². The van der Waals surface area contributed by atoms with Crippen LogP contribution in [0.3, 0.4) is 0 Å². The molecule has 0 bridgehead atoms. The molecule has 0 spiro atoms. The van der Waals surface area contributed by atoms with Crippen LogP contribution in [0.4, 0.5) is 0 Å². The molecular weight excluding hydrogens is 495 g/mol. The number of nitrogens with zero attached hydrogens (tertiary/aromatic N) is 1. The van der Waals surface area contributed by atoms with E-state index in [1.165, 1.54) is 0 Å². The summed E-state index contributed by atoms with van der Waals surface area (Å²) in [6.07, 6.45) is 3.22. The number of benzene rings is 1. The minimum absolute atomic E-state index is 0. The van der Waals surface area contributed by atoms with E-state index in [0.717, 1.165) is 29.9 Å². The first-order chi connectivity index (χ1) is 13.9. The van der Waals surface area contributed by atoms with E-state index in [4.69, 9.17) is 9.15 Å². The normalized spacial score (nSPS) is 16.0. The summed E-state index contributed by atoms with van der Waals surface area (Å²) in [5.41, 5.74) is 0.811. The Hall–Kier alpha value is -2.23. The number of hydrogen-bond donors (Lipinski definition) is 3. The number of amides is 1. The molecule has 1 aromatic heterocycles. The minimum Gasteiger partial charge on any atom is -0.493 e. The molecule has 0 radical (unpaired) electrons. The Morgan fingerprint density at radius 3 is 2.73 bits per heavy atom. The molecule has 8 heteroatoms. The van der Waals surface area contributed by atoms with Crippen molar-refractivity contribution in [1.29, 1.82) is 0 Å². The SMILES string of the molecule is CC(C)(C)NC(=O)CN=C(NCCc1ccco1)NC1CCOc2ccccc21.I. The Bertz CT molecular complexity index is 831. The van der Waals surface area contributed by atoms with Crippen LogP contribution in [0.15, 0.2) is 52.1 Å². The van der Waals surface area contributed by atoms with Gasteiger partial charge in [-0.15, -0.1) is 24.0 Å². The average Bonchev–Trinajstić information content (AvgIpc) is 3.18. The van der Waals surface area contributed by atoms with Crippen LogP contribution >= 0.6 is 24.0 Å². The number of furan rings is 1. The van der Waals surface area contributed by atoms with Gasteiger partial charge in [-0.3, -0.25) is 4.79 Å². The van der Waals surface area contributed by atoms with Gasteiger partial charge in [0, 0.05) is 30.5 Å². The van der Waals surface area contributed by atoms with Crippen molar-refractivity contribution in [2.75, 3.05) is 19.7 Å². The van der Waals surface area contributed by atoms with E-state index < -0.39 is 0 Å². The topological polar surface area (TPSA) is 87.9 Å². The molecule has 2 aromatic rings. The summed E-state index contributed by atoms with van der Waals surface area (Å²) >= 11 is 0. The first-order valence-corrected chi connectivity index (χ1v) is 10.0. The first-order valence-electron chi connectivity index (χ1n) is 10.0. The van der Waals surface area contributed by atoms with Crippen molar-refractivity contribution in [1.82, 2.24) is 16.0 Å². The van der Waals surface area contributed by atoms with Crippen LogP contribution in [-0.4, -0.2) is 37.1 Å². The highest BCUT2D eigenvalue weighted by atomic mass is 127. The standard InChI is InChI=1S/C22H30N4O3.HI/c1-22(2,3)26-20(27)15-24-21(23-12-10-16-7-6-13-28-16)25-18-11-14-29-19-9-5-4-8-17(18)19;/h4-9,13,18H,10-12,14-15H2,1-3H3,(H,26,27)(H2,23,24,25);1H. The van der Waals surface area contributed by atoms with Crippen LogP contribution in [0.1, 0.15) is 44.6 Å². The zero-order valence-electron chi connectivity index (χ0n) is 17.7. The molecule has 164 valence electrons. The lowest BCUT2D eigenvalue weighted by atomic mass is 10.0. The van der Waals surface area contributed by atoms with E-state index in [-0.39, 0.29) is 48.0 Å². The number of rotatable bonds is 6. The zero-order chi connectivity index (χ0) is 20.7. The molecule has 7 nitrogen and oxygen atoms in total. The van der Waals surface area contributed by atoms with E-state index in [9.17, 15) is 4.79 Å². The van der Waals surface area contributed by atoms with Gasteiger partial charge in [0.1, 0.15) is 18.1 Å². The molecule has 1 unspecified atom stereocenters. The Kier molecular flexibility index (Phi) is 9.01. The molecular formula is C22H31IN4O3. The van der Waals surface area contributed by atoms with Gasteiger partial charge in [-0.2, -0.15) is 0 Å². The van der Waals surface area contributed by atoms with Gasteiger partial charge in [-0.25, -0.2) is 4.99 Å². The maximum Gasteiger partial charge on any atom is 0.242 e. The molecule has 2 heterocycles. The summed E-state index contributed by atoms with van der Waals surface area (Å²) in [5, 5.41) is 9.71. The van der Waals surface area contributed by atoms with Crippen LogP contribution in [0.5, 0.6) is 5.75 Å². The van der Waals surface area contributed by atoms with Gasteiger partial charge >= 0.3 is 0 Å². The third-order valence-electron chi connectivity index (χ3n) is 4.41. The van der Waals surface area contributed by atoms with Gasteiger partial charge in [0.05, 0.1) is 18.9 Å². The summed E-state index contributed by atoms with van der Waals surface area (Å²) in [5.74, 6) is 2.27. The van der Waals surface area contributed by atoms with Crippen LogP contribution in [0, 0.1) is 0 Å². The van der Waals surface area contributed by atoms with Gasteiger partial charge in [0.2, 0.25) is 5.91 Å². The monoisotopic (exact) mass is 526 g/mol. The first kappa shape index (κ1) is 24.0. The highest BCUT2D eigenvalue weighted by Gasteiger charge is 2.22. The van der Waals surface area contributed by atoms with Crippen molar-refractivity contribution in [2.24, 2.45) is 4.99 Å². The highest BCUT2D eigenvalue weighted by Crippen LogP contribution is 2.31. The number of carbonyl (C=O) groups is 1. The summed E-state index contributed by atoms with van der Waals surface area (Å²) in [6, 6.07) is 11.9. The second kappa shape index (κ2) is 11.2. The second-order valence-electron chi connectivity index (χ2n) is 8.09. The molecule has 1 aromatic carbocycles. The molecule has 0 saturated carbocycles. The molecule has 0 saturated heterocycles. The van der Waals surface area contributed by atoms with E-state index in [1.807, 2.05) is 51.1 Å². The van der Waals surface area contributed by atoms with E-state index in [2.05, 4.69) is 27.0 Å². The zero-order valence-corrected chi connectivity index (χ0v) is 20.1. The Balaban J connectivity index is 0.00000320. The van der Waals surface area contributed by atoms with Gasteiger partial charge < -0.3 is 25.1 Å². The maximum absolute atomic E-state index is 12.2. The Morgan fingerprint density at radius 1 is 1.20 bits per heavy atom. The lowest BCUT2D eigenvalue weighted by Crippen LogP contribution is -2.44. The van der Waals surface area contributed by atoms with Crippen molar-refractivity contribution < 1.29 is 13.9 Å². The predicted molar refractivity (Wildman–Crippen MR) is 128 cm³/mol. The van der Waals surface area contributed by atoms with Crippen molar-refractivity contribution in [3.63, 3.8) is 0 Å². The molecule has 0 aliphatic carbocycles. The van der Waals surface area contributed by atoms with Crippen molar-refractivity contribution in [2.45, 2.75) is 45.2 Å². The number of fused-ring (bicyclic) bond motifs is 1. The summed E-state index contributed by atoms with van der Waals surface area (Å²) in [4.78, 5) is 16.7. The number of nitrogens with one attached hydrogen (secondary N) is 3. The quantitative estimate of drug-likeness (QED) is 0.305. The smallest absolute Gasteiger partial charge is 0.242 e. The lowest BCUT2D eigenvalue weighted by molar-refractivity contribution is -0.121. The van der Waals surface area contributed by atoms with Crippen LogP contribution < -0.4 is 20.7 Å². The molecule has 1 aliphatic heterocycles. The molecule has 3 rings (SSSR count). The highest BCUT2D eigenvalue weighted by molar-refractivity contribution is 14.0. The molecule has 30 heavy (non-hydrogen) atoms. The van der Waals surface area contributed by atoms with E-state index >= 15 is 0 Å². The average molecular weight is 526 g/mol. The molecule has 1 aliphatic rings. The van der Waals surface area contributed by atoms with E-state index in [0.29, 0.717) is 19.1 Å². The lowest BCUT2D eigenvalue weighted by Gasteiger charge is -2.28. The maximum atomic E-state index is 12.2. The van der Waals surface area contributed by atoms with Gasteiger partial charge in [-0.05, 0) is 39.0 Å². The Morgan fingerprint density at radius 2 is 2.00 bits per heavy atom. The fourth-order valence-electron chi connectivity index (χ4n) is 3.18.